The molecule has 0 spiro atoms. The van der Waals surface area contributed by atoms with Crippen LogP contribution >= 0.6 is 0 Å². The molecule has 1 heterocycles. The molecule has 1 amide bonds. The molecule has 1 aliphatic heterocycles. The van der Waals surface area contributed by atoms with Gasteiger partial charge in [0.15, 0.2) is 0 Å². The maximum Gasteiger partial charge on any atom is 0.239 e. The van der Waals surface area contributed by atoms with Crippen LogP contribution in [0, 0.1) is 0 Å². The molecule has 3 unspecified atom stereocenters. The Hall–Kier alpha value is -1.35. The minimum absolute atomic E-state index is 0.137. The Morgan fingerprint density at radius 1 is 1.35 bits per heavy atom. The second kappa shape index (κ2) is 6.89. The van der Waals surface area contributed by atoms with Gasteiger partial charge in [0.25, 0.3) is 0 Å². The summed E-state index contributed by atoms with van der Waals surface area (Å²) in [6, 6.07) is 10.6. The molecule has 20 heavy (non-hydrogen) atoms. The van der Waals surface area contributed by atoms with Gasteiger partial charge >= 0.3 is 0 Å². The normalized spacial score (nSPS) is 23.9. The molecule has 1 fully saturated rings. The third-order valence-electron chi connectivity index (χ3n) is 4.42. The third-order valence-corrected chi connectivity index (χ3v) is 4.42. The fourth-order valence-electron chi connectivity index (χ4n) is 3.15. The summed E-state index contributed by atoms with van der Waals surface area (Å²) in [5, 5.41) is 0. The van der Waals surface area contributed by atoms with Gasteiger partial charge in [-0.1, -0.05) is 37.3 Å². The van der Waals surface area contributed by atoms with Crippen molar-refractivity contribution in [2.75, 3.05) is 0 Å². The summed E-state index contributed by atoms with van der Waals surface area (Å²) in [6.07, 6.45) is 4.85. The molecule has 0 aromatic heterocycles. The van der Waals surface area contributed by atoms with Gasteiger partial charge in [0.1, 0.15) is 0 Å². The molecular formula is C17H26N2O. The summed E-state index contributed by atoms with van der Waals surface area (Å²) < 4.78 is 0. The van der Waals surface area contributed by atoms with Crippen LogP contribution in [0.1, 0.15) is 45.1 Å². The lowest BCUT2D eigenvalue weighted by atomic mass is 10.0. The molecule has 2 rings (SSSR count). The molecule has 1 aromatic carbocycles. The van der Waals surface area contributed by atoms with E-state index in [9.17, 15) is 4.79 Å². The van der Waals surface area contributed by atoms with E-state index in [1.165, 1.54) is 5.56 Å². The first kappa shape index (κ1) is 15.0. The first-order chi connectivity index (χ1) is 9.63. The Kier molecular flexibility index (Phi) is 5.18. The number of nitrogens with two attached hydrogens (primary N) is 1. The van der Waals surface area contributed by atoms with Crippen molar-refractivity contribution in [3.8, 4) is 0 Å². The van der Waals surface area contributed by atoms with Gasteiger partial charge in [-0.25, -0.2) is 0 Å². The predicted octanol–water partition coefficient (Wildman–Crippen LogP) is 2.74. The molecule has 0 aliphatic carbocycles. The number of aryl methyl sites for hydroxylation is 1. The predicted molar refractivity (Wildman–Crippen MR) is 82.4 cm³/mol. The molecule has 0 radical (unpaired) electrons. The van der Waals surface area contributed by atoms with E-state index in [1.54, 1.807) is 0 Å². The van der Waals surface area contributed by atoms with Crippen molar-refractivity contribution in [3.05, 3.63) is 35.9 Å². The highest BCUT2D eigenvalue weighted by atomic mass is 16.2. The molecule has 0 saturated carbocycles. The van der Waals surface area contributed by atoms with Crippen LogP contribution in [0.4, 0.5) is 0 Å². The van der Waals surface area contributed by atoms with E-state index in [-0.39, 0.29) is 11.9 Å². The topological polar surface area (TPSA) is 46.3 Å². The smallest absolute Gasteiger partial charge is 0.239 e. The van der Waals surface area contributed by atoms with Crippen molar-refractivity contribution in [1.82, 2.24) is 4.90 Å². The quantitative estimate of drug-likeness (QED) is 0.897. The monoisotopic (exact) mass is 274 g/mol. The van der Waals surface area contributed by atoms with Crippen LogP contribution in [-0.2, 0) is 11.2 Å². The number of benzene rings is 1. The number of nitrogens with zero attached hydrogens (tertiary/aromatic N) is 1. The van der Waals surface area contributed by atoms with Crippen LogP contribution in [0.3, 0.4) is 0 Å². The average molecular weight is 274 g/mol. The van der Waals surface area contributed by atoms with Crippen LogP contribution in [0.15, 0.2) is 30.3 Å². The van der Waals surface area contributed by atoms with Crippen molar-refractivity contribution in [2.24, 2.45) is 5.73 Å². The number of carbonyl (C=O) groups is 1. The van der Waals surface area contributed by atoms with E-state index in [1.807, 2.05) is 23.1 Å². The highest BCUT2D eigenvalue weighted by Crippen LogP contribution is 2.26. The molecule has 3 nitrogen and oxygen atoms in total. The van der Waals surface area contributed by atoms with Gasteiger partial charge < -0.3 is 10.6 Å². The largest absolute Gasteiger partial charge is 0.336 e. The van der Waals surface area contributed by atoms with E-state index in [0.717, 1.165) is 32.1 Å². The fourth-order valence-corrected chi connectivity index (χ4v) is 3.15. The third kappa shape index (κ3) is 3.40. The number of hydrogen-bond donors (Lipinski definition) is 1. The maximum absolute atomic E-state index is 12.5. The second-order valence-corrected chi connectivity index (χ2v) is 5.86. The summed E-state index contributed by atoms with van der Waals surface area (Å²) in [4.78, 5) is 14.6. The second-order valence-electron chi connectivity index (χ2n) is 5.86. The Morgan fingerprint density at radius 3 is 2.70 bits per heavy atom. The molecule has 2 N–H and O–H groups in total. The summed E-state index contributed by atoms with van der Waals surface area (Å²) in [6.45, 7) is 4.29. The number of likely N-dealkylation sites (tertiary alicyclic amines) is 1. The van der Waals surface area contributed by atoms with Crippen LogP contribution in [0.5, 0.6) is 0 Å². The molecular weight excluding hydrogens is 248 g/mol. The van der Waals surface area contributed by atoms with Gasteiger partial charge in [-0.15, -0.1) is 0 Å². The van der Waals surface area contributed by atoms with E-state index in [4.69, 9.17) is 5.73 Å². The van der Waals surface area contributed by atoms with Crippen LogP contribution in [0.25, 0.3) is 0 Å². The van der Waals surface area contributed by atoms with E-state index in [2.05, 4.69) is 26.0 Å². The molecule has 110 valence electrons. The highest BCUT2D eigenvalue weighted by molar-refractivity contribution is 5.82. The minimum atomic E-state index is -0.371. The lowest BCUT2D eigenvalue weighted by Crippen LogP contribution is -2.48. The van der Waals surface area contributed by atoms with Gasteiger partial charge in [0, 0.05) is 12.1 Å². The van der Waals surface area contributed by atoms with E-state index < -0.39 is 0 Å². The number of rotatable bonds is 5. The maximum atomic E-state index is 12.5. The average Bonchev–Trinajstić information content (AvgIpc) is 2.86. The molecule has 0 bridgehead atoms. The first-order valence-electron chi connectivity index (χ1n) is 7.75. The summed E-state index contributed by atoms with van der Waals surface area (Å²) in [7, 11) is 0. The van der Waals surface area contributed by atoms with Crippen molar-refractivity contribution in [1.29, 1.82) is 0 Å². The number of hydrogen-bond acceptors (Lipinski definition) is 2. The molecule has 1 saturated heterocycles. The van der Waals surface area contributed by atoms with E-state index >= 15 is 0 Å². The summed E-state index contributed by atoms with van der Waals surface area (Å²) in [5.74, 6) is 0.137. The Balaban J connectivity index is 1.91. The fraction of sp³-hybridized carbons (Fsp3) is 0.588. The van der Waals surface area contributed by atoms with Gasteiger partial charge in [-0.3, -0.25) is 4.79 Å². The van der Waals surface area contributed by atoms with Gasteiger partial charge in [0.2, 0.25) is 5.91 Å². The Morgan fingerprint density at radius 2 is 2.05 bits per heavy atom. The number of carbonyl (C=O) groups excluding carboxylic acids is 1. The van der Waals surface area contributed by atoms with Crippen LogP contribution in [0.2, 0.25) is 0 Å². The lowest BCUT2D eigenvalue weighted by molar-refractivity contribution is -0.135. The van der Waals surface area contributed by atoms with Crippen LogP contribution < -0.4 is 5.73 Å². The highest BCUT2D eigenvalue weighted by Gasteiger charge is 2.35. The Bertz CT molecular complexity index is 432. The van der Waals surface area contributed by atoms with Gasteiger partial charge in [-0.2, -0.15) is 0 Å². The zero-order valence-corrected chi connectivity index (χ0v) is 12.6. The summed E-state index contributed by atoms with van der Waals surface area (Å²) >= 11 is 0. The minimum Gasteiger partial charge on any atom is -0.336 e. The lowest BCUT2D eigenvalue weighted by Gasteiger charge is -2.30. The van der Waals surface area contributed by atoms with Crippen molar-refractivity contribution < 1.29 is 4.79 Å². The van der Waals surface area contributed by atoms with Crippen molar-refractivity contribution >= 4 is 5.91 Å². The molecule has 1 aromatic rings. The zero-order chi connectivity index (χ0) is 14.5. The first-order valence-corrected chi connectivity index (χ1v) is 7.75. The molecule has 3 heteroatoms. The van der Waals surface area contributed by atoms with Gasteiger partial charge in [-0.05, 0) is 44.6 Å². The number of amides is 1. The van der Waals surface area contributed by atoms with Crippen LogP contribution in [-0.4, -0.2) is 28.9 Å². The van der Waals surface area contributed by atoms with E-state index in [0.29, 0.717) is 12.1 Å². The van der Waals surface area contributed by atoms with Crippen molar-refractivity contribution in [2.45, 2.75) is 64.1 Å². The molecule has 1 aliphatic rings. The van der Waals surface area contributed by atoms with Crippen molar-refractivity contribution in [3.63, 3.8) is 0 Å². The van der Waals surface area contributed by atoms with Gasteiger partial charge in [0.05, 0.1) is 6.04 Å². The summed E-state index contributed by atoms with van der Waals surface area (Å²) in [5.41, 5.74) is 7.38. The Labute approximate surface area is 122 Å². The molecule has 3 atom stereocenters. The SMILES string of the molecule is CCC1CCC(C)N1C(=O)C(N)CCc1ccccc1. The zero-order valence-electron chi connectivity index (χ0n) is 12.6. The standard InChI is InChI=1S/C17H26N2O/c1-3-15-11-9-13(2)19(15)17(20)16(18)12-10-14-7-5-4-6-8-14/h4-8,13,15-16H,3,9-12,18H2,1-2H3.